The van der Waals surface area contributed by atoms with Crippen LogP contribution in [-0.2, 0) is 37.3 Å². The average Bonchev–Trinajstić information content (AvgIpc) is 3.68. The van der Waals surface area contributed by atoms with E-state index in [1.54, 1.807) is 24.3 Å². The van der Waals surface area contributed by atoms with Gasteiger partial charge in [0.1, 0.15) is 11.6 Å². The van der Waals surface area contributed by atoms with Gasteiger partial charge in [0.05, 0.1) is 31.9 Å². The molecule has 0 fully saturated rings. The molecule has 0 saturated heterocycles. The number of pyridine rings is 1. The first kappa shape index (κ1) is 29.6. The molecule has 0 radical (unpaired) electrons. The maximum absolute atomic E-state index is 12.5. The number of aromatic hydroxyl groups is 1. The number of phenolic OH excluding ortho intramolecular Hbond substituents is 1. The Labute approximate surface area is 395 Å². The Morgan fingerprint density at radius 2 is 1.31 bits per heavy atom. The molecule has 6 aromatic carbocycles. The molecule has 5 heteroatoms. The summed E-state index contributed by atoms with van der Waals surface area (Å²) in [6, 6.07) is 26.9. The van der Waals surface area contributed by atoms with Crippen LogP contribution in [-0.4, -0.2) is 19.6 Å². The standard InChI is InChI=1S/C56H56N3O.Pt/c1-35-20-23-37(24-21-35)39-26-27-57-48(32-39)41-29-40(30-42(31-41)54(3,4)5)44-18-15-19-50-51(44)58-53(46-33-43(55(6,7)8)34-47(52(46)60)56(9,10)11)59(50)49-25-22-36(2)28-45(49)38-16-13-12-14-17-38;/h12-28,30-34,60H,1-11H3;/q-1;/i1D3,2D3,20D,21D,23D,24D,26D,27D,32D;. The molecule has 8 aromatic rings. The van der Waals surface area contributed by atoms with Gasteiger partial charge in [-0.15, -0.1) is 29.3 Å². The van der Waals surface area contributed by atoms with Crippen molar-refractivity contribution in [2.24, 2.45) is 0 Å². The molecule has 0 spiro atoms. The number of benzene rings is 6. The van der Waals surface area contributed by atoms with E-state index in [0.717, 1.165) is 16.7 Å². The molecule has 0 saturated carbocycles. The van der Waals surface area contributed by atoms with Crippen LogP contribution in [0.25, 0.3) is 72.7 Å². The molecule has 8 rings (SSSR count). The van der Waals surface area contributed by atoms with Gasteiger partial charge in [0.2, 0.25) is 0 Å². The van der Waals surface area contributed by atoms with Gasteiger partial charge in [-0.05, 0) is 82.5 Å². The summed E-state index contributed by atoms with van der Waals surface area (Å²) in [7, 11) is 0. The fourth-order valence-electron chi connectivity index (χ4n) is 7.41. The average molecular weight is 995 g/mol. The van der Waals surface area contributed by atoms with Crippen molar-refractivity contribution in [3.63, 3.8) is 0 Å². The molecule has 2 heterocycles. The number of para-hydroxylation sites is 1. The van der Waals surface area contributed by atoms with E-state index < -0.39 is 83.7 Å². The summed E-state index contributed by atoms with van der Waals surface area (Å²) < 4.78 is 113. The zero-order valence-electron chi connectivity index (χ0n) is 48.8. The first-order valence-electron chi connectivity index (χ1n) is 26.5. The van der Waals surface area contributed by atoms with Gasteiger partial charge in [-0.1, -0.05) is 169 Å². The Balaban J connectivity index is 0.00000800. The summed E-state index contributed by atoms with van der Waals surface area (Å²) in [5.41, 5.74) is 4.02. The van der Waals surface area contributed by atoms with Crippen molar-refractivity contribution in [1.29, 1.82) is 0 Å². The molecule has 0 aliphatic carbocycles. The molecule has 0 aliphatic rings. The third kappa shape index (κ3) is 8.66. The van der Waals surface area contributed by atoms with E-state index >= 15 is 0 Å². The summed E-state index contributed by atoms with van der Waals surface area (Å²) in [5.74, 6) is 0.405. The minimum atomic E-state index is -2.99. The van der Waals surface area contributed by atoms with Crippen molar-refractivity contribution < 1.29 is 44.0 Å². The first-order valence-corrected chi connectivity index (χ1v) is 20.0. The summed E-state index contributed by atoms with van der Waals surface area (Å²) >= 11 is 0. The molecule has 0 aliphatic heterocycles. The molecule has 0 atom stereocenters. The molecule has 0 amide bonds. The second kappa shape index (κ2) is 16.4. The van der Waals surface area contributed by atoms with Crippen molar-refractivity contribution >= 4 is 11.0 Å². The Bertz CT molecular complexity index is 3500. The topological polar surface area (TPSA) is 50.9 Å². The second-order valence-electron chi connectivity index (χ2n) is 18.4. The van der Waals surface area contributed by atoms with Crippen molar-refractivity contribution in [2.45, 2.75) is 92.3 Å². The zero-order chi connectivity index (χ0) is 53.8. The minimum absolute atomic E-state index is 0. The molecular weight excluding hydrogens is 926 g/mol. The Hall–Kier alpha value is -5.57. The molecule has 312 valence electrons. The van der Waals surface area contributed by atoms with Gasteiger partial charge >= 0.3 is 0 Å². The zero-order valence-corrected chi connectivity index (χ0v) is 38.0. The predicted molar refractivity (Wildman–Crippen MR) is 252 cm³/mol. The van der Waals surface area contributed by atoms with Crippen molar-refractivity contribution in [1.82, 2.24) is 14.5 Å². The molecular formula is C56H56N3OPt-. The number of hydrogen-bond acceptors (Lipinski definition) is 3. The van der Waals surface area contributed by atoms with Crippen molar-refractivity contribution in [3.05, 3.63) is 167 Å². The smallest absolute Gasteiger partial charge is 0.148 e. The van der Waals surface area contributed by atoms with Gasteiger partial charge < -0.3 is 5.11 Å². The molecule has 61 heavy (non-hydrogen) atoms. The fraction of sp³-hybridized carbons (Fsp3) is 0.250. The Morgan fingerprint density at radius 3 is 1.98 bits per heavy atom. The van der Waals surface area contributed by atoms with Crippen molar-refractivity contribution in [2.75, 3.05) is 0 Å². The van der Waals surface area contributed by atoms with Gasteiger partial charge in [0.15, 0.2) is 0 Å². The summed E-state index contributed by atoms with van der Waals surface area (Å²) in [6.07, 6.45) is -0.620. The van der Waals surface area contributed by atoms with E-state index in [1.165, 1.54) is 0 Å². The first-order chi connectivity index (χ1) is 33.7. The van der Waals surface area contributed by atoms with Crippen molar-refractivity contribution in [3.8, 4) is 67.5 Å². The van der Waals surface area contributed by atoms with Crippen LogP contribution in [0.2, 0.25) is 0 Å². The summed E-state index contributed by atoms with van der Waals surface area (Å²) in [6.45, 7) is 13.0. The fourth-order valence-corrected chi connectivity index (χ4v) is 7.41. The Kier molecular flexibility index (Phi) is 7.95. The minimum Gasteiger partial charge on any atom is -0.507 e. The van der Waals surface area contributed by atoms with E-state index in [-0.39, 0.29) is 49.1 Å². The number of phenols is 1. The number of hydrogen-bond donors (Lipinski definition) is 1. The van der Waals surface area contributed by atoms with Gasteiger partial charge in [-0.3, -0.25) is 9.55 Å². The maximum atomic E-state index is 12.5. The molecule has 2 aromatic heterocycles. The Morgan fingerprint density at radius 1 is 0.623 bits per heavy atom. The SMILES string of the molecule is [2H]c1nc(-c2[c-]c(-c3cccc4c3nc(-c3cc(C(C)(C)C)cc(C(C)(C)C)c3O)n4-c3ccc(C([2H])([2H])[2H])cc3-c3ccccc3)cc(C(C)(C)C)c2)c([2H])c(-c2c([2H])c([2H])c(C([2H])([2H])[2H])c([2H])c2[2H])c1[2H].[Pt]. The van der Waals surface area contributed by atoms with Crippen LogP contribution >= 0.6 is 0 Å². The van der Waals surface area contributed by atoms with E-state index in [4.69, 9.17) is 21.4 Å². The summed E-state index contributed by atoms with van der Waals surface area (Å²) in [4.78, 5) is 9.85. The largest absolute Gasteiger partial charge is 0.507 e. The number of rotatable bonds is 6. The number of imidazole rings is 1. The maximum Gasteiger partial charge on any atom is 0.148 e. The molecule has 4 nitrogen and oxygen atoms in total. The third-order valence-corrected chi connectivity index (χ3v) is 10.8. The third-order valence-electron chi connectivity index (χ3n) is 10.8. The van der Waals surface area contributed by atoms with E-state index in [2.05, 4.69) is 31.8 Å². The van der Waals surface area contributed by atoms with Crippen LogP contribution in [0.4, 0.5) is 0 Å². The van der Waals surface area contributed by atoms with Gasteiger partial charge in [-0.2, -0.15) is 0 Å². The second-order valence-corrected chi connectivity index (χ2v) is 18.4. The normalized spacial score (nSPS) is 15.6. The van der Waals surface area contributed by atoms with E-state index in [0.29, 0.717) is 50.4 Å². The van der Waals surface area contributed by atoms with Crippen LogP contribution in [0, 0.1) is 19.8 Å². The predicted octanol–water partition coefficient (Wildman–Crippen LogP) is 14.8. The molecule has 0 bridgehead atoms. The molecule has 0 unspecified atom stereocenters. The van der Waals surface area contributed by atoms with E-state index in [9.17, 15) is 6.48 Å². The van der Waals surface area contributed by atoms with Crippen LogP contribution in [0.3, 0.4) is 0 Å². The van der Waals surface area contributed by atoms with Crippen LogP contribution in [0.1, 0.15) is 108 Å². The number of aromatic nitrogens is 3. The quantitative estimate of drug-likeness (QED) is 0.169. The number of nitrogens with zero attached hydrogens (tertiary/aromatic N) is 3. The van der Waals surface area contributed by atoms with Gasteiger partial charge in [-0.25, -0.2) is 4.98 Å². The van der Waals surface area contributed by atoms with Gasteiger partial charge in [0.25, 0.3) is 0 Å². The summed E-state index contributed by atoms with van der Waals surface area (Å²) in [5, 5.41) is 12.5. The number of fused-ring (bicyclic) bond motifs is 1. The van der Waals surface area contributed by atoms with Crippen LogP contribution in [0.15, 0.2) is 133 Å². The van der Waals surface area contributed by atoms with Gasteiger partial charge in [0, 0.05) is 52.3 Å². The van der Waals surface area contributed by atoms with Crippen LogP contribution < -0.4 is 0 Å². The number of aryl methyl sites for hydroxylation is 1. The monoisotopic (exact) mass is 994 g/mol. The van der Waals surface area contributed by atoms with E-state index in [1.807, 2.05) is 113 Å². The molecule has 1 N–H and O–H groups in total. The van der Waals surface area contributed by atoms with Crippen LogP contribution in [0.5, 0.6) is 5.75 Å².